The molecule has 0 radical (unpaired) electrons. The van der Waals surface area contributed by atoms with Crippen LogP contribution in [0.1, 0.15) is 31.7 Å². The summed E-state index contributed by atoms with van der Waals surface area (Å²) in [6, 6.07) is 9.30. The minimum Gasteiger partial charge on any atom is -0.396 e. The molecule has 1 saturated heterocycles. The largest absolute Gasteiger partial charge is 0.396 e. The number of rotatable bonds is 3. The maximum atomic E-state index is 8.87. The molecule has 0 aliphatic carbocycles. The SMILES string of the molecule is CC1CCCCN1c1ccc(CCO)cc1. The zero-order chi connectivity index (χ0) is 11.4. The Kier molecular flexibility index (Phi) is 3.83. The number of piperidine rings is 1. The molecular weight excluding hydrogens is 198 g/mol. The van der Waals surface area contributed by atoms with Crippen molar-refractivity contribution in [2.45, 2.75) is 38.6 Å². The Bertz CT molecular complexity index is 320. The molecule has 0 bridgehead atoms. The van der Waals surface area contributed by atoms with Crippen LogP contribution in [0.2, 0.25) is 0 Å². The minimum atomic E-state index is 0.236. The third kappa shape index (κ3) is 2.56. The van der Waals surface area contributed by atoms with E-state index in [0.29, 0.717) is 6.04 Å². The Morgan fingerprint density at radius 2 is 2.00 bits per heavy atom. The van der Waals surface area contributed by atoms with Crippen molar-refractivity contribution in [2.24, 2.45) is 0 Å². The number of hydrogen-bond donors (Lipinski definition) is 1. The quantitative estimate of drug-likeness (QED) is 0.844. The predicted molar refractivity (Wildman–Crippen MR) is 67.9 cm³/mol. The van der Waals surface area contributed by atoms with E-state index in [2.05, 4.69) is 36.1 Å². The van der Waals surface area contributed by atoms with Crippen LogP contribution in [0.4, 0.5) is 5.69 Å². The van der Waals surface area contributed by atoms with Crippen molar-refractivity contribution in [1.29, 1.82) is 0 Å². The van der Waals surface area contributed by atoms with E-state index in [9.17, 15) is 0 Å². The van der Waals surface area contributed by atoms with Gasteiger partial charge in [0.05, 0.1) is 0 Å². The fourth-order valence-electron chi connectivity index (χ4n) is 2.46. The zero-order valence-electron chi connectivity index (χ0n) is 10.0. The Hall–Kier alpha value is -1.02. The number of anilines is 1. The first kappa shape index (κ1) is 11.5. The van der Waals surface area contributed by atoms with Gasteiger partial charge < -0.3 is 10.0 Å². The molecule has 1 heterocycles. The maximum absolute atomic E-state index is 8.87. The molecule has 2 rings (SSSR count). The molecule has 0 aromatic heterocycles. The maximum Gasteiger partial charge on any atom is 0.0471 e. The molecule has 1 aromatic carbocycles. The van der Waals surface area contributed by atoms with Crippen LogP contribution >= 0.6 is 0 Å². The molecule has 2 nitrogen and oxygen atoms in total. The molecule has 1 aromatic rings. The Morgan fingerprint density at radius 3 is 2.62 bits per heavy atom. The summed E-state index contributed by atoms with van der Waals surface area (Å²) in [5.41, 5.74) is 2.55. The topological polar surface area (TPSA) is 23.5 Å². The minimum absolute atomic E-state index is 0.236. The first-order valence-electron chi connectivity index (χ1n) is 6.27. The van der Waals surface area contributed by atoms with Crippen LogP contribution in [-0.4, -0.2) is 24.3 Å². The van der Waals surface area contributed by atoms with Crippen molar-refractivity contribution in [3.05, 3.63) is 29.8 Å². The molecule has 0 spiro atoms. The molecule has 1 fully saturated rings. The van der Waals surface area contributed by atoms with Gasteiger partial charge in [-0.1, -0.05) is 12.1 Å². The van der Waals surface area contributed by atoms with Crippen LogP contribution < -0.4 is 4.90 Å². The van der Waals surface area contributed by atoms with Gasteiger partial charge in [-0.3, -0.25) is 0 Å². The van der Waals surface area contributed by atoms with Crippen molar-refractivity contribution in [1.82, 2.24) is 0 Å². The summed E-state index contributed by atoms with van der Waals surface area (Å²) in [6.07, 6.45) is 4.73. The lowest BCUT2D eigenvalue weighted by atomic mass is 10.0. The summed E-state index contributed by atoms with van der Waals surface area (Å²) >= 11 is 0. The van der Waals surface area contributed by atoms with Crippen molar-refractivity contribution >= 4 is 5.69 Å². The number of benzene rings is 1. The van der Waals surface area contributed by atoms with Gasteiger partial charge in [-0.25, -0.2) is 0 Å². The standard InChI is InChI=1S/C14H21NO/c1-12-4-2-3-10-15(12)14-7-5-13(6-8-14)9-11-16/h5-8,12,16H,2-4,9-11H2,1H3. The Morgan fingerprint density at radius 1 is 1.25 bits per heavy atom. The van der Waals surface area contributed by atoms with Crippen LogP contribution in [0.25, 0.3) is 0 Å². The van der Waals surface area contributed by atoms with Crippen LogP contribution in [0.15, 0.2) is 24.3 Å². The number of aliphatic hydroxyl groups excluding tert-OH is 1. The molecule has 0 amide bonds. The molecule has 2 heteroatoms. The summed E-state index contributed by atoms with van der Waals surface area (Å²) in [7, 11) is 0. The van der Waals surface area contributed by atoms with Crippen molar-refractivity contribution in [2.75, 3.05) is 18.1 Å². The fourth-order valence-corrected chi connectivity index (χ4v) is 2.46. The Balaban J connectivity index is 2.08. The number of aliphatic hydroxyl groups is 1. The molecule has 1 atom stereocenters. The van der Waals surface area contributed by atoms with Gasteiger partial charge in [-0.15, -0.1) is 0 Å². The summed E-state index contributed by atoms with van der Waals surface area (Å²) in [5, 5.41) is 8.87. The number of nitrogens with zero attached hydrogens (tertiary/aromatic N) is 1. The highest BCUT2D eigenvalue weighted by molar-refractivity contribution is 5.48. The van der Waals surface area contributed by atoms with E-state index in [1.807, 2.05) is 0 Å². The highest BCUT2D eigenvalue weighted by Gasteiger charge is 2.17. The third-order valence-electron chi connectivity index (χ3n) is 3.47. The average molecular weight is 219 g/mol. The van der Waals surface area contributed by atoms with E-state index in [1.54, 1.807) is 0 Å². The highest BCUT2D eigenvalue weighted by atomic mass is 16.2. The second-order valence-electron chi connectivity index (χ2n) is 4.68. The van der Waals surface area contributed by atoms with E-state index in [-0.39, 0.29) is 6.61 Å². The van der Waals surface area contributed by atoms with Crippen LogP contribution in [0.3, 0.4) is 0 Å². The molecular formula is C14H21NO. The van der Waals surface area contributed by atoms with E-state index in [1.165, 1.54) is 37.1 Å². The second kappa shape index (κ2) is 5.35. The van der Waals surface area contributed by atoms with E-state index in [0.717, 1.165) is 6.42 Å². The molecule has 0 saturated carbocycles. The van der Waals surface area contributed by atoms with Gasteiger partial charge in [-0.05, 0) is 50.3 Å². The lowest BCUT2D eigenvalue weighted by Crippen LogP contribution is -2.37. The molecule has 1 aliphatic rings. The predicted octanol–water partition coefficient (Wildman–Crippen LogP) is 2.60. The highest BCUT2D eigenvalue weighted by Crippen LogP contribution is 2.24. The van der Waals surface area contributed by atoms with Gasteiger partial charge in [0.1, 0.15) is 0 Å². The van der Waals surface area contributed by atoms with Crippen LogP contribution in [0, 0.1) is 0 Å². The van der Waals surface area contributed by atoms with Gasteiger partial charge in [-0.2, -0.15) is 0 Å². The fraction of sp³-hybridized carbons (Fsp3) is 0.571. The molecule has 1 aliphatic heterocycles. The van der Waals surface area contributed by atoms with Crippen molar-refractivity contribution in [3.8, 4) is 0 Å². The lowest BCUT2D eigenvalue weighted by Gasteiger charge is -2.35. The summed E-state index contributed by atoms with van der Waals surface area (Å²) in [4.78, 5) is 2.49. The van der Waals surface area contributed by atoms with E-state index in [4.69, 9.17) is 5.11 Å². The van der Waals surface area contributed by atoms with Gasteiger partial charge in [0.15, 0.2) is 0 Å². The van der Waals surface area contributed by atoms with Crippen molar-refractivity contribution in [3.63, 3.8) is 0 Å². The van der Waals surface area contributed by atoms with Crippen molar-refractivity contribution < 1.29 is 5.11 Å². The second-order valence-corrected chi connectivity index (χ2v) is 4.68. The first-order chi connectivity index (χ1) is 7.81. The molecule has 1 unspecified atom stereocenters. The summed E-state index contributed by atoms with van der Waals surface area (Å²) in [5.74, 6) is 0. The normalized spacial score (nSPS) is 21.1. The van der Waals surface area contributed by atoms with Crippen LogP contribution in [-0.2, 0) is 6.42 Å². The van der Waals surface area contributed by atoms with Gasteiger partial charge in [0.2, 0.25) is 0 Å². The van der Waals surface area contributed by atoms with Gasteiger partial charge >= 0.3 is 0 Å². The smallest absolute Gasteiger partial charge is 0.0471 e. The van der Waals surface area contributed by atoms with Gasteiger partial charge in [0, 0.05) is 24.9 Å². The monoisotopic (exact) mass is 219 g/mol. The lowest BCUT2D eigenvalue weighted by molar-refractivity contribution is 0.299. The molecule has 1 N–H and O–H groups in total. The Labute approximate surface area is 97.9 Å². The average Bonchev–Trinajstić information content (AvgIpc) is 2.31. The molecule has 16 heavy (non-hydrogen) atoms. The summed E-state index contributed by atoms with van der Waals surface area (Å²) in [6.45, 7) is 3.72. The van der Waals surface area contributed by atoms with E-state index >= 15 is 0 Å². The molecule has 88 valence electrons. The van der Waals surface area contributed by atoms with E-state index < -0.39 is 0 Å². The van der Waals surface area contributed by atoms with Crippen LogP contribution in [0.5, 0.6) is 0 Å². The van der Waals surface area contributed by atoms with Gasteiger partial charge in [0.25, 0.3) is 0 Å². The number of hydrogen-bond acceptors (Lipinski definition) is 2. The zero-order valence-corrected chi connectivity index (χ0v) is 10.0. The third-order valence-corrected chi connectivity index (χ3v) is 3.47. The first-order valence-corrected chi connectivity index (χ1v) is 6.27. The summed E-state index contributed by atoms with van der Waals surface area (Å²) < 4.78 is 0.